The number of carbonyl (C=O) groups is 1. The van der Waals surface area contributed by atoms with Crippen LogP contribution in [0.4, 0.5) is 0 Å². The van der Waals surface area contributed by atoms with E-state index in [2.05, 4.69) is 0 Å². The van der Waals surface area contributed by atoms with Crippen molar-refractivity contribution in [1.29, 1.82) is 0 Å². The molecule has 1 aliphatic rings. The number of halogens is 2. The molecule has 0 saturated carbocycles. The fourth-order valence-electron chi connectivity index (χ4n) is 1.59. The van der Waals surface area contributed by atoms with Gasteiger partial charge in [0.2, 0.25) is 5.91 Å². The minimum atomic E-state index is -0.0624. The Morgan fingerprint density at radius 3 is 2.89 bits per heavy atom. The first-order valence-electron chi connectivity index (χ1n) is 5.68. The molecule has 0 bridgehead atoms. The maximum atomic E-state index is 11.6. The van der Waals surface area contributed by atoms with Gasteiger partial charge in [0.1, 0.15) is 5.75 Å². The molecule has 1 aromatic rings. The van der Waals surface area contributed by atoms with E-state index in [1.807, 2.05) is 0 Å². The predicted octanol–water partition coefficient (Wildman–Crippen LogP) is 2.93. The number of rotatable bonds is 4. The molecule has 1 aromatic carbocycles. The lowest BCUT2D eigenvalue weighted by atomic mass is 10.3. The molecule has 0 atom stereocenters. The number of hydrogen-bond donors (Lipinski definition) is 0. The Labute approximate surface area is 115 Å². The van der Waals surface area contributed by atoms with Gasteiger partial charge in [0.25, 0.3) is 0 Å². The fraction of sp³-hybridized carbons (Fsp3) is 0.417. The van der Waals surface area contributed by atoms with E-state index in [9.17, 15) is 4.79 Å². The van der Waals surface area contributed by atoms with E-state index in [1.54, 1.807) is 18.2 Å². The topological polar surface area (TPSA) is 38.8 Å². The number of nitrogens with zero attached hydrogens (tertiary/aromatic N) is 1. The lowest BCUT2D eigenvalue weighted by molar-refractivity contribution is -0.169. The second-order valence-corrected chi connectivity index (χ2v) is 4.67. The zero-order chi connectivity index (χ0) is 13.0. The van der Waals surface area contributed by atoms with Crippen LogP contribution in [-0.4, -0.2) is 30.7 Å². The Morgan fingerprint density at radius 1 is 1.39 bits per heavy atom. The first-order chi connectivity index (χ1) is 8.66. The summed E-state index contributed by atoms with van der Waals surface area (Å²) in [6, 6.07) is 5.00. The molecule has 1 amide bonds. The van der Waals surface area contributed by atoms with Gasteiger partial charge < -0.3 is 4.74 Å². The molecule has 6 heteroatoms. The van der Waals surface area contributed by atoms with Gasteiger partial charge in [-0.2, -0.15) is 0 Å². The minimum absolute atomic E-state index is 0.0624. The van der Waals surface area contributed by atoms with Crippen LogP contribution in [0.25, 0.3) is 0 Å². The van der Waals surface area contributed by atoms with Crippen LogP contribution in [-0.2, 0) is 9.63 Å². The Morgan fingerprint density at radius 2 is 2.22 bits per heavy atom. The molecular weight excluding hydrogens is 277 g/mol. The highest BCUT2D eigenvalue weighted by Crippen LogP contribution is 2.26. The molecule has 18 heavy (non-hydrogen) atoms. The van der Waals surface area contributed by atoms with Crippen LogP contribution in [0, 0.1) is 0 Å². The van der Waals surface area contributed by atoms with E-state index in [0.29, 0.717) is 28.9 Å². The van der Waals surface area contributed by atoms with Crippen molar-refractivity contribution < 1.29 is 14.4 Å². The van der Waals surface area contributed by atoms with Crippen LogP contribution in [0.1, 0.15) is 12.8 Å². The first kappa shape index (κ1) is 13.5. The van der Waals surface area contributed by atoms with Crippen molar-refractivity contribution in [2.24, 2.45) is 0 Å². The summed E-state index contributed by atoms with van der Waals surface area (Å²) >= 11 is 11.6. The summed E-state index contributed by atoms with van der Waals surface area (Å²) in [5, 5.41) is 2.30. The molecule has 1 aliphatic heterocycles. The lowest BCUT2D eigenvalue weighted by Crippen LogP contribution is -2.27. The standard InChI is InChI=1S/C12H13Cl2NO3/c13-10-3-2-9(8-11(10)14)17-7-4-12(16)15-5-1-6-18-15/h2-3,8H,1,4-7H2. The number of hydroxylamine groups is 2. The lowest BCUT2D eigenvalue weighted by Gasteiger charge is -2.14. The molecular formula is C12H13Cl2NO3. The molecule has 0 unspecified atom stereocenters. The summed E-state index contributed by atoms with van der Waals surface area (Å²) in [6.07, 6.45) is 1.17. The third kappa shape index (κ3) is 3.51. The van der Waals surface area contributed by atoms with E-state index < -0.39 is 0 Å². The van der Waals surface area contributed by atoms with Crippen molar-refractivity contribution in [3.63, 3.8) is 0 Å². The average molecular weight is 290 g/mol. The number of ether oxygens (including phenoxy) is 1. The summed E-state index contributed by atoms with van der Waals surface area (Å²) in [5.74, 6) is 0.534. The van der Waals surface area contributed by atoms with Crippen molar-refractivity contribution in [2.45, 2.75) is 12.8 Å². The zero-order valence-corrected chi connectivity index (χ0v) is 11.2. The normalized spacial score (nSPS) is 14.9. The van der Waals surface area contributed by atoms with Crippen molar-refractivity contribution >= 4 is 29.1 Å². The second-order valence-electron chi connectivity index (χ2n) is 3.86. The highest BCUT2D eigenvalue weighted by atomic mass is 35.5. The van der Waals surface area contributed by atoms with Gasteiger partial charge >= 0.3 is 0 Å². The van der Waals surface area contributed by atoms with Gasteiger partial charge in [0.05, 0.1) is 36.2 Å². The monoisotopic (exact) mass is 289 g/mol. The van der Waals surface area contributed by atoms with Crippen LogP contribution < -0.4 is 4.74 Å². The molecule has 0 radical (unpaired) electrons. The molecule has 0 spiro atoms. The molecule has 0 aliphatic carbocycles. The van der Waals surface area contributed by atoms with Gasteiger partial charge in [-0.3, -0.25) is 9.63 Å². The number of benzene rings is 1. The molecule has 1 saturated heterocycles. The maximum absolute atomic E-state index is 11.6. The van der Waals surface area contributed by atoms with Crippen LogP contribution in [0.2, 0.25) is 10.0 Å². The Hall–Kier alpha value is -0.970. The van der Waals surface area contributed by atoms with Gasteiger partial charge in [0, 0.05) is 6.07 Å². The third-order valence-corrected chi connectivity index (χ3v) is 3.25. The van der Waals surface area contributed by atoms with Crippen molar-refractivity contribution in [3.8, 4) is 5.75 Å². The number of hydrogen-bond acceptors (Lipinski definition) is 3. The van der Waals surface area contributed by atoms with Crippen LogP contribution >= 0.6 is 23.2 Å². The van der Waals surface area contributed by atoms with Crippen LogP contribution in [0.15, 0.2) is 18.2 Å². The van der Waals surface area contributed by atoms with E-state index >= 15 is 0 Å². The summed E-state index contributed by atoms with van der Waals surface area (Å²) in [6.45, 7) is 1.56. The maximum Gasteiger partial charge on any atom is 0.249 e. The van der Waals surface area contributed by atoms with E-state index in [4.69, 9.17) is 32.8 Å². The van der Waals surface area contributed by atoms with Crippen molar-refractivity contribution in [3.05, 3.63) is 28.2 Å². The average Bonchev–Trinajstić information content (AvgIpc) is 2.87. The molecule has 4 nitrogen and oxygen atoms in total. The van der Waals surface area contributed by atoms with Gasteiger partial charge in [-0.05, 0) is 18.6 Å². The van der Waals surface area contributed by atoms with Gasteiger partial charge in [-0.15, -0.1) is 0 Å². The summed E-state index contributed by atoms with van der Waals surface area (Å²) in [5.41, 5.74) is 0. The van der Waals surface area contributed by atoms with E-state index in [-0.39, 0.29) is 18.9 Å². The molecule has 1 heterocycles. The van der Waals surface area contributed by atoms with Crippen molar-refractivity contribution in [1.82, 2.24) is 5.06 Å². The highest BCUT2D eigenvalue weighted by molar-refractivity contribution is 6.42. The quantitative estimate of drug-likeness (QED) is 0.855. The largest absolute Gasteiger partial charge is 0.493 e. The number of amides is 1. The third-order valence-electron chi connectivity index (χ3n) is 2.51. The molecule has 2 rings (SSSR count). The fourth-order valence-corrected chi connectivity index (χ4v) is 1.88. The van der Waals surface area contributed by atoms with Crippen LogP contribution in [0.5, 0.6) is 5.75 Å². The highest BCUT2D eigenvalue weighted by Gasteiger charge is 2.18. The molecule has 98 valence electrons. The Kier molecular flexibility index (Phi) is 4.69. The van der Waals surface area contributed by atoms with E-state index in [1.165, 1.54) is 5.06 Å². The van der Waals surface area contributed by atoms with Gasteiger partial charge in [-0.1, -0.05) is 23.2 Å². The zero-order valence-electron chi connectivity index (χ0n) is 9.70. The summed E-state index contributed by atoms with van der Waals surface area (Å²) < 4.78 is 5.43. The minimum Gasteiger partial charge on any atom is -0.493 e. The Balaban J connectivity index is 1.77. The molecule has 0 N–H and O–H groups in total. The van der Waals surface area contributed by atoms with Crippen molar-refractivity contribution in [2.75, 3.05) is 19.8 Å². The van der Waals surface area contributed by atoms with Gasteiger partial charge in [-0.25, -0.2) is 5.06 Å². The summed E-state index contributed by atoms with van der Waals surface area (Å²) in [4.78, 5) is 16.8. The van der Waals surface area contributed by atoms with Crippen LogP contribution in [0.3, 0.4) is 0 Å². The Bertz CT molecular complexity index is 433. The predicted molar refractivity (Wildman–Crippen MR) is 68.9 cm³/mol. The molecule has 0 aromatic heterocycles. The second kappa shape index (κ2) is 6.27. The first-order valence-corrected chi connectivity index (χ1v) is 6.43. The smallest absolute Gasteiger partial charge is 0.249 e. The number of carbonyl (C=O) groups excluding carboxylic acids is 1. The molecule has 1 fully saturated rings. The van der Waals surface area contributed by atoms with E-state index in [0.717, 1.165) is 6.42 Å². The summed E-state index contributed by atoms with van der Waals surface area (Å²) in [7, 11) is 0. The SMILES string of the molecule is O=C(CCOc1ccc(Cl)c(Cl)c1)N1CCCO1. The van der Waals surface area contributed by atoms with Gasteiger partial charge in [0.15, 0.2) is 0 Å².